The summed E-state index contributed by atoms with van der Waals surface area (Å²) in [5.74, 6) is 0. The van der Waals surface area contributed by atoms with Crippen molar-refractivity contribution in [2.45, 2.75) is 0 Å². The first-order valence-corrected chi connectivity index (χ1v) is 0. The van der Waals surface area contributed by atoms with Crippen LogP contribution in [0.2, 0.25) is 0 Å². The van der Waals surface area contributed by atoms with Gasteiger partial charge in [-0.2, -0.15) is 0 Å². The number of hydrogen-bond acceptors (Lipinski definition) is 0. The third kappa shape index (κ3) is 48.5. The first-order valence-electron chi connectivity index (χ1n) is 0. The Hall–Kier alpha value is 1.53. The molecule has 0 bridgehead atoms. The Balaban J connectivity index is 0. The molecular formula is CoMnO3Zn. The first kappa shape index (κ1) is 137. The van der Waals surface area contributed by atoms with Crippen molar-refractivity contribution in [2.75, 3.05) is 0 Å². The quantitative estimate of drug-likeness (QED) is 0.506. The van der Waals surface area contributed by atoms with Crippen LogP contribution in [0.4, 0.5) is 0 Å². The average molecular weight is 227 g/mol. The molecule has 0 unspecified atom stereocenters. The second kappa shape index (κ2) is 85.4. The maximum absolute atomic E-state index is 0. The van der Waals surface area contributed by atoms with E-state index in [0.717, 1.165) is 0 Å². The summed E-state index contributed by atoms with van der Waals surface area (Å²) >= 11 is 0. The summed E-state index contributed by atoms with van der Waals surface area (Å²) in [4.78, 5) is 0. The van der Waals surface area contributed by atoms with E-state index in [9.17, 15) is 0 Å². The van der Waals surface area contributed by atoms with E-state index < -0.39 is 0 Å². The SMILES string of the molecule is [Co+2].[Mn+2].[O-2].[O-2].[O-2].[Zn+2]. The van der Waals surface area contributed by atoms with E-state index in [2.05, 4.69) is 0 Å². The second-order valence-electron chi connectivity index (χ2n) is 0. The Morgan fingerprint density at radius 2 is 0.667 bits per heavy atom. The molecule has 0 aliphatic rings. The van der Waals surface area contributed by atoms with Gasteiger partial charge in [-0.3, -0.25) is 0 Å². The van der Waals surface area contributed by atoms with Crippen molar-refractivity contribution in [1.82, 2.24) is 0 Å². The minimum Gasteiger partial charge on any atom is -2.00 e. The topological polar surface area (TPSA) is 85.5 Å². The smallest absolute Gasteiger partial charge is 2.00 e. The molecule has 0 aliphatic heterocycles. The zero-order chi connectivity index (χ0) is 0. The van der Waals surface area contributed by atoms with Crippen molar-refractivity contribution in [3.8, 4) is 0 Å². The van der Waals surface area contributed by atoms with Crippen LogP contribution in [0.3, 0.4) is 0 Å². The molecule has 0 aromatic carbocycles. The Morgan fingerprint density at radius 1 is 0.667 bits per heavy atom. The number of hydrogen-bond donors (Lipinski definition) is 0. The van der Waals surface area contributed by atoms with Crippen molar-refractivity contribution in [1.29, 1.82) is 0 Å². The molecule has 0 spiro atoms. The molecule has 0 amide bonds. The molecule has 0 saturated heterocycles. The zero-order valence-electron chi connectivity index (χ0n) is 2.64. The Kier molecular flexibility index (Phi) is 1950. The van der Waals surface area contributed by atoms with Gasteiger partial charge < -0.3 is 16.4 Å². The van der Waals surface area contributed by atoms with E-state index in [1.807, 2.05) is 0 Å². The van der Waals surface area contributed by atoms with Gasteiger partial charge in [0.1, 0.15) is 0 Å². The largest absolute Gasteiger partial charge is 2.00 e. The third-order valence-corrected chi connectivity index (χ3v) is 0. The summed E-state index contributed by atoms with van der Waals surface area (Å²) in [6.45, 7) is 0. The van der Waals surface area contributed by atoms with Crippen molar-refractivity contribution in [3.05, 3.63) is 0 Å². The fraction of sp³-hybridized carbons (Fsp3) is 0. The fourth-order valence-electron chi connectivity index (χ4n) is 0. The van der Waals surface area contributed by atoms with Crippen LogP contribution in [-0.2, 0) is 69.8 Å². The van der Waals surface area contributed by atoms with Gasteiger partial charge in [-0.1, -0.05) is 0 Å². The molecule has 0 saturated carbocycles. The van der Waals surface area contributed by atoms with Crippen molar-refractivity contribution >= 4 is 0 Å². The van der Waals surface area contributed by atoms with Gasteiger partial charge in [0.25, 0.3) is 0 Å². The molecule has 3 nitrogen and oxygen atoms in total. The van der Waals surface area contributed by atoms with Crippen LogP contribution in [0.15, 0.2) is 0 Å². The van der Waals surface area contributed by atoms with Gasteiger partial charge in [-0.15, -0.1) is 0 Å². The van der Waals surface area contributed by atoms with Crippen LogP contribution in [0.5, 0.6) is 0 Å². The summed E-state index contributed by atoms with van der Waals surface area (Å²) < 4.78 is 0. The predicted molar refractivity (Wildman–Crippen MR) is 2.06 cm³/mol. The van der Waals surface area contributed by atoms with E-state index in [0.29, 0.717) is 0 Å². The minimum absolute atomic E-state index is 0. The van der Waals surface area contributed by atoms with E-state index >= 15 is 0 Å². The molecule has 0 rings (SSSR count). The van der Waals surface area contributed by atoms with Gasteiger partial charge in [0.05, 0.1) is 0 Å². The van der Waals surface area contributed by atoms with Gasteiger partial charge in [0.15, 0.2) is 0 Å². The summed E-state index contributed by atoms with van der Waals surface area (Å²) in [5, 5.41) is 0. The molecule has 0 aromatic rings. The van der Waals surface area contributed by atoms with Crippen LogP contribution in [0.25, 0.3) is 0 Å². The molecule has 0 heterocycles. The van der Waals surface area contributed by atoms with Crippen LogP contribution < -0.4 is 0 Å². The molecule has 0 atom stereocenters. The summed E-state index contributed by atoms with van der Waals surface area (Å²) in [5.41, 5.74) is 0. The fourth-order valence-corrected chi connectivity index (χ4v) is 0. The maximum Gasteiger partial charge on any atom is 2.00 e. The standard InChI is InChI=1S/Co.Mn.3O.Zn/q2*+2;3*-2;+2. The molecule has 0 aromatic heterocycles. The van der Waals surface area contributed by atoms with Crippen LogP contribution in [-0.4, -0.2) is 0 Å². The Morgan fingerprint density at radius 3 is 0.667 bits per heavy atom. The van der Waals surface area contributed by atoms with E-state index in [-0.39, 0.29) is 69.8 Å². The van der Waals surface area contributed by atoms with Gasteiger partial charge in [-0.25, -0.2) is 0 Å². The number of rotatable bonds is 0. The first-order chi connectivity index (χ1) is 0. The van der Waals surface area contributed by atoms with E-state index in [1.165, 1.54) is 0 Å². The van der Waals surface area contributed by atoms with Gasteiger partial charge >= 0.3 is 53.3 Å². The summed E-state index contributed by atoms with van der Waals surface area (Å²) in [7, 11) is 0. The normalized spacial score (nSPS) is 0. The van der Waals surface area contributed by atoms with Crippen molar-refractivity contribution < 1.29 is 69.8 Å². The van der Waals surface area contributed by atoms with Gasteiger partial charge in [-0.05, 0) is 0 Å². The van der Waals surface area contributed by atoms with Crippen molar-refractivity contribution in [3.63, 3.8) is 0 Å². The predicted octanol–water partition coefficient (Wildman–Crippen LogP) is -0.364. The van der Waals surface area contributed by atoms with Crippen molar-refractivity contribution in [2.24, 2.45) is 0 Å². The monoisotopic (exact) mass is 226 g/mol. The van der Waals surface area contributed by atoms with Crippen LogP contribution >= 0.6 is 0 Å². The van der Waals surface area contributed by atoms with Crippen LogP contribution in [0.1, 0.15) is 0 Å². The molecule has 0 N–H and O–H groups in total. The minimum atomic E-state index is 0. The summed E-state index contributed by atoms with van der Waals surface area (Å²) in [6, 6.07) is 0. The van der Waals surface area contributed by atoms with Crippen LogP contribution in [0, 0.1) is 0 Å². The molecular weight excluding hydrogens is 227 g/mol. The summed E-state index contributed by atoms with van der Waals surface area (Å²) in [6.07, 6.45) is 0. The Labute approximate surface area is 69.6 Å². The molecule has 6 heteroatoms. The third-order valence-electron chi connectivity index (χ3n) is 0. The molecule has 0 fully saturated rings. The van der Waals surface area contributed by atoms with Gasteiger partial charge in [0, 0.05) is 0 Å². The zero-order valence-corrected chi connectivity index (χ0v) is 7.83. The van der Waals surface area contributed by atoms with E-state index in [4.69, 9.17) is 0 Å². The molecule has 36 valence electrons. The molecule has 0 aliphatic carbocycles. The second-order valence-corrected chi connectivity index (χ2v) is 0. The van der Waals surface area contributed by atoms with E-state index in [1.54, 1.807) is 0 Å². The average Bonchev–Trinajstić information content (AvgIpc) is 0. The Bertz CT molecular complexity index is 10.8. The molecule has 2 radical (unpaired) electrons. The van der Waals surface area contributed by atoms with Gasteiger partial charge in [0.2, 0.25) is 0 Å². The molecule has 6 heavy (non-hydrogen) atoms. The maximum atomic E-state index is 0.